The van der Waals surface area contributed by atoms with Crippen molar-refractivity contribution in [3.8, 4) is 5.75 Å². The second-order valence-electron chi connectivity index (χ2n) is 7.74. The van der Waals surface area contributed by atoms with Crippen LogP contribution in [0.15, 0.2) is 71.8 Å². The summed E-state index contributed by atoms with van der Waals surface area (Å²) in [5.74, 6) is 0.636. The maximum Gasteiger partial charge on any atom is 0.271 e. The topological polar surface area (TPSA) is 53.9 Å². The van der Waals surface area contributed by atoms with Crippen molar-refractivity contribution in [2.75, 3.05) is 18.6 Å². The molecule has 0 unspecified atom stereocenters. The fourth-order valence-corrected chi connectivity index (χ4v) is 4.04. The number of carbonyl (C=O) groups is 1. The third-order valence-electron chi connectivity index (χ3n) is 5.64. The molecule has 3 aromatic rings. The number of methoxy groups -OCH3 is 1. The number of hydrogen-bond donors (Lipinski definition) is 1. The Kier molecular flexibility index (Phi) is 6.32. The van der Waals surface area contributed by atoms with Crippen LogP contribution in [0.1, 0.15) is 39.0 Å². The van der Waals surface area contributed by atoms with Gasteiger partial charge in [0, 0.05) is 29.9 Å². The lowest BCUT2D eigenvalue weighted by atomic mass is 10.0. The Bertz CT molecular complexity index is 1110. The molecule has 1 heterocycles. The summed E-state index contributed by atoms with van der Waals surface area (Å²) in [5, 5.41) is 4.16. The molecule has 4 rings (SSSR count). The van der Waals surface area contributed by atoms with Crippen molar-refractivity contribution in [3.05, 3.63) is 94.5 Å². The molecule has 0 radical (unpaired) electrons. The largest absolute Gasteiger partial charge is 0.496 e. The van der Waals surface area contributed by atoms with Crippen LogP contribution in [0.3, 0.4) is 0 Å². The summed E-state index contributed by atoms with van der Waals surface area (Å²) in [6.45, 7) is 3.69. The van der Waals surface area contributed by atoms with Gasteiger partial charge in [0.1, 0.15) is 5.75 Å². The molecule has 0 aliphatic carbocycles. The molecule has 0 bridgehead atoms. The van der Waals surface area contributed by atoms with Crippen LogP contribution in [0, 0.1) is 6.92 Å². The number of hydrogen-bond acceptors (Lipinski definition) is 4. The molecule has 5 heteroatoms. The summed E-state index contributed by atoms with van der Waals surface area (Å²) in [6, 6.07) is 22.0. The predicted octanol–water partition coefficient (Wildman–Crippen LogP) is 4.72. The van der Waals surface area contributed by atoms with E-state index in [0.717, 1.165) is 48.4 Å². The number of amides is 1. The molecule has 0 spiro atoms. The van der Waals surface area contributed by atoms with Gasteiger partial charge in [-0.3, -0.25) is 4.79 Å². The molecule has 0 saturated carbocycles. The third kappa shape index (κ3) is 4.77. The molecule has 158 valence electrons. The maximum atomic E-state index is 12.4. The zero-order valence-corrected chi connectivity index (χ0v) is 18.0. The minimum absolute atomic E-state index is 0.215. The van der Waals surface area contributed by atoms with Gasteiger partial charge in [-0.2, -0.15) is 5.10 Å². The fraction of sp³-hybridized carbons (Fsp3) is 0.231. The minimum Gasteiger partial charge on any atom is -0.496 e. The molecule has 1 amide bonds. The Morgan fingerprint density at radius 1 is 1.13 bits per heavy atom. The lowest BCUT2D eigenvalue weighted by Crippen LogP contribution is -2.29. The predicted molar refractivity (Wildman–Crippen MR) is 125 cm³/mol. The van der Waals surface area contributed by atoms with Crippen molar-refractivity contribution < 1.29 is 9.53 Å². The molecular weight excluding hydrogens is 386 g/mol. The quantitative estimate of drug-likeness (QED) is 0.470. The fourth-order valence-electron chi connectivity index (χ4n) is 4.04. The Hall–Kier alpha value is -3.60. The van der Waals surface area contributed by atoms with E-state index >= 15 is 0 Å². The highest BCUT2D eigenvalue weighted by Gasteiger charge is 2.18. The normalized spacial score (nSPS) is 13.2. The number of fused-ring (bicyclic) bond motifs is 1. The number of nitrogens with one attached hydrogen (secondary N) is 1. The monoisotopic (exact) mass is 413 g/mol. The number of benzene rings is 3. The first-order valence-electron chi connectivity index (χ1n) is 10.5. The van der Waals surface area contributed by atoms with Crippen LogP contribution >= 0.6 is 0 Å². The molecule has 0 saturated heterocycles. The number of rotatable bonds is 6. The smallest absolute Gasteiger partial charge is 0.271 e. The number of nitrogens with zero attached hydrogens (tertiary/aromatic N) is 2. The number of carbonyl (C=O) groups excluding carboxylic acids is 1. The second kappa shape index (κ2) is 9.47. The number of aryl methyl sites for hydroxylation is 2. The Morgan fingerprint density at radius 3 is 2.77 bits per heavy atom. The van der Waals surface area contributed by atoms with E-state index < -0.39 is 0 Å². The number of ether oxygens (including phenoxy) is 1. The van der Waals surface area contributed by atoms with Crippen LogP contribution in [0.2, 0.25) is 0 Å². The Labute approximate surface area is 183 Å². The van der Waals surface area contributed by atoms with Gasteiger partial charge in [-0.25, -0.2) is 5.43 Å². The van der Waals surface area contributed by atoms with E-state index in [4.69, 9.17) is 4.74 Å². The van der Waals surface area contributed by atoms with E-state index in [1.807, 2.05) is 37.3 Å². The van der Waals surface area contributed by atoms with Crippen molar-refractivity contribution in [1.29, 1.82) is 0 Å². The lowest BCUT2D eigenvalue weighted by Gasteiger charge is -2.31. The first-order valence-corrected chi connectivity index (χ1v) is 10.5. The molecule has 0 atom stereocenters. The Morgan fingerprint density at radius 2 is 1.94 bits per heavy atom. The molecule has 0 aromatic heterocycles. The van der Waals surface area contributed by atoms with E-state index in [2.05, 4.69) is 45.8 Å². The maximum absolute atomic E-state index is 12.4. The van der Waals surface area contributed by atoms with Crippen LogP contribution < -0.4 is 15.1 Å². The van der Waals surface area contributed by atoms with E-state index in [9.17, 15) is 4.79 Å². The third-order valence-corrected chi connectivity index (χ3v) is 5.64. The number of anilines is 1. The van der Waals surface area contributed by atoms with Crippen LogP contribution in [-0.4, -0.2) is 25.8 Å². The number of hydrazone groups is 1. The van der Waals surface area contributed by atoms with Crippen LogP contribution in [0.25, 0.3) is 0 Å². The van der Waals surface area contributed by atoms with Gasteiger partial charge < -0.3 is 9.64 Å². The minimum atomic E-state index is -0.215. The van der Waals surface area contributed by atoms with E-state index in [1.54, 1.807) is 19.4 Å². The summed E-state index contributed by atoms with van der Waals surface area (Å²) >= 11 is 0. The first-order chi connectivity index (χ1) is 15.2. The van der Waals surface area contributed by atoms with Crippen LogP contribution in [0.5, 0.6) is 5.75 Å². The molecule has 5 nitrogen and oxygen atoms in total. The van der Waals surface area contributed by atoms with Gasteiger partial charge >= 0.3 is 0 Å². The first kappa shape index (κ1) is 20.7. The summed E-state index contributed by atoms with van der Waals surface area (Å²) in [6.07, 6.45) is 3.94. The molecule has 31 heavy (non-hydrogen) atoms. The summed E-state index contributed by atoms with van der Waals surface area (Å²) < 4.78 is 5.60. The van der Waals surface area contributed by atoms with Gasteiger partial charge in [0.25, 0.3) is 5.91 Å². The highest BCUT2D eigenvalue weighted by atomic mass is 16.5. The van der Waals surface area contributed by atoms with Gasteiger partial charge in [0.15, 0.2) is 0 Å². The van der Waals surface area contributed by atoms with E-state index in [1.165, 1.54) is 11.3 Å². The average molecular weight is 414 g/mol. The molecule has 3 aromatic carbocycles. The van der Waals surface area contributed by atoms with Crippen LogP contribution in [-0.2, 0) is 13.0 Å². The van der Waals surface area contributed by atoms with E-state index in [0.29, 0.717) is 5.56 Å². The van der Waals surface area contributed by atoms with Crippen LogP contribution in [0.4, 0.5) is 5.69 Å². The summed E-state index contributed by atoms with van der Waals surface area (Å²) in [5.41, 5.74) is 8.85. The lowest BCUT2D eigenvalue weighted by molar-refractivity contribution is 0.0954. The van der Waals surface area contributed by atoms with Crippen molar-refractivity contribution in [2.24, 2.45) is 5.10 Å². The van der Waals surface area contributed by atoms with Gasteiger partial charge in [-0.15, -0.1) is 0 Å². The zero-order chi connectivity index (χ0) is 21.6. The van der Waals surface area contributed by atoms with Crippen molar-refractivity contribution in [1.82, 2.24) is 5.43 Å². The highest BCUT2D eigenvalue weighted by molar-refractivity contribution is 5.96. The standard InChI is InChI=1S/C26H27N3O2/c1-19-8-3-5-11-23(19)26(30)28-27-17-20-13-14-25(31-2)22(16-20)18-29-15-7-10-21-9-4-6-12-24(21)29/h3-6,8-9,11-14,16-17H,7,10,15,18H2,1-2H3,(H,28,30)/b27-17+. The van der Waals surface area contributed by atoms with Crippen molar-refractivity contribution in [3.63, 3.8) is 0 Å². The zero-order valence-electron chi connectivity index (χ0n) is 18.0. The van der Waals surface area contributed by atoms with Gasteiger partial charge in [-0.05, 0) is 66.8 Å². The van der Waals surface area contributed by atoms with Gasteiger partial charge in [0.05, 0.1) is 13.3 Å². The highest BCUT2D eigenvalue weighted by Crippen LogP contribution is 2.30. The van der Waals surface area contributed by atoms with E-state index in [-0.39, 0.29) is 5.91 Å². The number of para-hydroxylation sites is 1. The van der Waals surface area contributed by atoms with Gasteiger partial charge in [0.2, 0.25) is 0 Å². The molecule has 1 aliphatic rings. The molecule has 1 aliphatic heterocycles. The average Bonchev–Trinajstić information content (AvgIpc) is 2.80. The summed E-state index contributed by atoms with van der Waals surface area (Å²) in [4.78, 5) is 14.8. The van der Waals surface area contributed by atoms with Crippen molar-refractivity contribution in [2.45, 2.75) is 26.3 Å². The Balaban J connectivity index is 1.50. The molecule has 1 N–H and O–H groups in total. The second-order valence-corrected chi connectivity index (χ2v) is 7.74. The summed E-state index contributed by atoms with van der Waals surface area (Å²) in [7, 11) is 1.69. The van der Waals surface area contributed by atoms with Gasteiger partial charge in [-0.1, -0.05) is 36.4 Å². The van der Waals surface area contributed by atoms with Crippen molar-refractivity contribution >= 4 is 17.8 Å². The SMILES string of the molecule is COc1ccc(/C=N/NC(=O)c2ccccc2C)cc1CN1CCCc2ccccc21. The molecular formula is C26H27N3O2. The molecule has 0 fully saturated rings.